The molecule has 0 aliphatic heterocycles. The Balaban J connectivity index is 1.98. The highest BCUT2D eigenvalue weighted by Gasteiger charge is 2.12. The zero-order valence-electron chi connectivity index (χ0n) is 10.2. The fourth-order valence-corrected chi connectivity index (χ4v) is 2.39. The number of hydrogen-bond donors (Lipinski definition) is 1. The first-order valence-corrected chi connectivity index (χ1v) is 6.85. The van der Waals surface area contributed by atoms with Crippen molar-refractivity contribution in [3.8, 4) is 0 Å². The summed E-state index contributed by atoms with van der Waals surface area (Å²) in [5.74, 6) is -0.638. The van der Waals surface area contributed by atoms with Crippen molar-refractivity contribution in [3.05, 3.63) is 63.3 Å². The zero-order valence-corrected chi connectivity index (χ0v) is 12.5. The highest BCUT2D eigenvalue weighted by Crippen LogP contribution is 2.29. The maximum Gasteiger partial charge on any atom is 0.412 e. The molecular weight excluding hydrogens is 349 g/mol. The van der Waals surface area contributed by atoms with Crippen LogP contribution in [0.1, 0.15) is 5.56 Å². The van der Waals surface area contributed by atoms with Crippen molar-refractivity contribution in [1.29, 1.82) is 0 Å². The number of rotatable bonds is 3. The summed E-state index contributed by atoms with van der Waals surface area (Å²) in [6, 6.07) is 11.8. The van der Waals surface area contributed by atoms with Crippen LogP contribution < -0.4 is 5.32 Å². The van der Waals surface area contributed by atoms with Crippen LogP contribution in [0.3, 0.4) is 0 Å². The number of hydrogen-bond acceptors (Lipinski definition) is 2. The van der Waals surface area contributed by atoms with E-state index in [1.807, 2.05) is 30.3 Å². The van der Waals surface area contributed by atoms with Crippen LogP contribution in [0.2, 0.25) is 5.02 Å². The summed E-state index contributed by atoms with van der Waals surface area (Å²) in [4.78, 5) is 11.6. The molecule has 2 rings (SSSR count). The molecule has 0 spiro atoms. The minimum Gasteiger partial charge on any atom is -0.444 e. The second-order valence-electron chi connectivity index (χ2n) is 3.93. The Kier molecular flexibility index (Phi) is 4.98. The van der Waals surface area contributed by atoms with Gasteiger partial charge in [0.25, 0.3) is 0 Å². The molecule has 1 N–H and O–H groups in total. The topological polar surface area (TPSA) is 38.3 Å². The average Bonchev–Trinajstić information content (AvgIpc) is 2.42. The van der Waals surface area contributed by atoms with E-state index in [4.69, 9.17) is 16.3 Å². The standard InChI is InChI=1S/C14H10BrClFNO2/c15-11-6-10(16)7-12(17)13(11)18-14(19)20-8-9-4-2-1-3-5-9/h1-7H,8H2,(H,18,19). The van der Waals surface area contributed by atoms with Gasteiger partial charge in [-0.15, -0.1) is 0 Å². The van der Waals surface area contributed by atoms with Gasteiger partial charge in [-0.2, -0.15) is 0 Å². The first-order chi connectivity index (χ1) is 9.56. The second kappa shape index (κ2) is 6.72. The van der Waals surface area contributed by atoms with Crippen molar-refractivity contribution < 1.29 is 13.9 Å². The normalized spacial score (nSPS) is 10.2. The summed E-state index contributed by atoms with van der Waals surface area (Å²) in [7, 11) is 0. The lowest BCUT2D eigenvalue weighted by atomic mass is 10.2. The SMILES string of the molecule is O=C(Nc1c(F)cc(Cl)cc1Br)OCc1ccccc1. The first-order valence-electron chi connectivity index (χ1n) is 5.68. The summed E-state index contributed by atoms with van der Waals surface area (Å²) in [5, 5.41) is 2.57. The maximum absolute atomic E-state index is 13.7. The lowest BCUT2D eigenvalue weighted by Crippen LogP contribution is -2.15. The third-order valence-electron chi connectivity index (χ3n) is 2.45. The van der Waals surface area contributed by atoms with Gasteiger partial charge < -0.3 is 4.74 Å². The van der Waals surface area contributed by atoms with Crippen LogP contribution >= 0.6 is 27.5 Å². The van der Waals surface area contributed by atoms with Gasteiger partial charge in [0.15, 0.2) is 0 Å². The van der Waals surface area contributed by atoms with Crippen LogP contribution in [0.15, 0.2) is 46.9 Å². The molecule has 0 bridgehead atoms. The minimum absolute atomic E-state index is 0.00698. The summed E-state index contributed by atoms with van der Waals surface area (Å²) in [6.07, 6.45) is -0.740. The Morgan fingerprint density at radius 2 is 2.00 bits per heavy atom. The molecule has 0 aliphatic carbocycles. The van der Waals surface area contributed by atoms with E-state index in [0.29, 0.717) is 4.47 Å². The highest BCUT2D eigenvalue weighted by molar-refractivity contribution is 9.10. The minimum atomic E-state index is -0.740. The van der Waals surface area contributed by atoms with Crippen molar-refractivity contribution in [2.45, 2.75) is 6.61 Å². The van der Waals surface area contributed by atoms with Gasteiger partial charge in [0, 0.05) is 9.50 Å². The van der Waals surface area contributed by atoms with E-state index in [1.54, 1.807) is 0 Å². The Morgan fingerprint density at radius 3 is 2.65 bits per heavy atom. The second-order valence-corrected chi connectivity index (χ2v) is 5.22. The molecular formula is C14H10BrClFNO2. The van der Waals surface area contributed by atoms with E-state index in [9.17, 15) is 9.18 Å². The lowest BCUT2D eigenvalue weighted by molar-refractivity contribution is 0.155. The summed E-state index contributed by atoms with van der Waals surface area (Å²) in [5.41, 5.74) is 0.839. The molecule has 104 valence electrons. The number of amides is 1. The molecule has 2 aromatic rings. The number of benzene rings is 2. The van der Waals surface area contributed by atoms with E-state index in [0.717, 1.165) is 11.6 Å². The quantitative estimate of drug-likeness (QED) is 0.839. The summed E-state index contributed by atoms with van der Waals surface area (Å²) >= 11 is 8.81. The monoisotopic (exact) mass is 357 g/mol. The van der Waals surface area contributed by atoms with Crippen LogP contribution in [0.5, 0.6) is 0 Å². The summed E-state index contributed by atoms with van der Waals surface area (Å²) in [6.45, 7) is 0.111. The molecule has 0 heterocycles. The van der Waals surface area contributed by atoms with Gasteiger partial charge in [-0.3, -0.25) is 5.32 Å². The van der Waals surface area contributed by atoms with Crippen molar-refractivity contribution in [3.63, 3.8) is 0 Å². The molecule has 0 saturated carbocycles. The molecule has 0 fully saturated rings. The van der Waals surface area contributed by atoms with Gasteiger partial charge in [-0.05, 0) is 33.6 Å². The van der Waals surface area contributed by atoms with Gasteiger partial charge in [-0.25, -0.2) is 9.18 Å². The average molecular weight is 359 g/mol. The van der Waals surface area contributed by atoms with Gasteiger partial charge >= 0.3 is 6.09 Å². The fraction of sp³-hybridized carbons (Fsp3) is 0.0714. The summed E-state index contributed by atoms with van der Waals surface area (Å²) < 4.78 is 19.0. The lowest BCUT2D eigenvalue weighted by Gasteiger charge is -2.10. The molecule has 0 unspecified atom stereocenters. The molecule has 1 amide bonds. The van der Waals surface area contributed by atoms with E-state index < -0.39 is 11.9 Å². The van der Waals surface area contributed by atoms with Gasteiger partial charge in [0.1, 0.15) is 12.4 Å². The predicted molar refractivity (Wildman–Crippen MR) is 79.4 cm³/mol. The number of ether oxygens (including phenoxy) is 1. The number of anilines is 1. The van der Waals surface area contributed by atoms with E-state index in [-0.39, 0.29) is 17.3 Å². The van der Waals surface area contributed by atoms with E-state index in [2.05, 4.69) is 21.2 Å². The van der Waals surface area contributed by atoms with E-state index >= 15 is 0 Å². The van der Waals surface area contributed by atoms with Crippen molar-refractivity contribution in [2.24, 2.45) is 0 Å². The maximum atomic E-state index is 13.7. The van der Waals surface area contributed by atoms with Gasteiger partial charge in [0.05, 0.1) is 5.69 Å². The first kappa shape index (κ1) is 14.8. The predicted octanol–water partition coefficient (Wildman–Crippen LogP) is 4.99. The number of nitrogens with one attached hydrogen (secondary N) is 1. The smallest absolute Gasteiger partial charge is 0.412 e. The Morgan fingerprint density at radius 1 is 1.30 bits per heavy atom. The Labute approximate surface area is 128 Å². The third-order valence-corrected chi connectivity index (χ3v) is 3.29. The molecule has 6 heteroatoms. The number of halogens is 3. The molecule has 0 radical (unpaired) electrons. The molecule has 3 nitrogen and oxygen atoms in total. The zero-order chi connectivity index (χ0) is 14.5. The highest BCUT2D eigenvalue weighted by atomic mass is 79.9. The van der Waals surface area contributed by atoms with Crippen molar-refractivity contribution in [1.82, 2.24) is 0 Å². The van der Waals surface area contributed by atoms with Crippen LogP contribution in [0.25, 0.3) is 0 Å². The Hall–Kier alpha value is -1.59. The Bertz CT molecular complexity index is 599. The molecule has 2 aromatic carbocycles. The fourth-order valence-electron chi connectivity index (χ4n) is 1.52. The molecule has 0 aromatic heterocycles. The van der Waals surface area contributed by atoms with Crippen LogP contribution in [0, 0.1) is 5.82 Å². The molecule has 0 aliphatic rings. The third kappa shape index (κ3) is 3.95. The van der Waals surface area contributed by atoms with Crippen molar-refractivity contribution >= 4 is 39.3 Å². The van der Waals surface area contributed by atoms with E-state index in [1.165, 1.54) is 6.07 Å². The largest absolute Gasteiger partial charge is 0.444 e. The van der Waals surface area contributed by atoms with Gasteiger partial charge in [0.2, 0.25) is 0 Å². The number of carbonyl (C=O) groups is 1. The number of carbonyl (C=O) groups excluding carboxylic acids is 1. The van der Waals surface area contributed by atoms with Crippen LogP contribution in [-0.2, 0) is 11.3 Å². The van der Waals surface area contributed by atoms with Crippen LogP contribution in [0.4, 0.5) is 14.9 Å². The van der Waals surface area contributed by atoms with Gasteiger partial charge in [-0.1, -0.05) is 41.9 Å². The molecule has 0 atom stereocenters. The molecule has 0 saturated heterocycles. The van der Waals surface area contributed by atoms with Crippen LogP contribution in [-0.4, -0.2) is 6.09 Å². The van der Waals surface area contributed by atoms with Crippen molar-refractivity contribution in [2.75, 3.05) is 5.32 Å². The molecule has 20 heavy (non-hydrogen) atoms.